The van der Waals surface area contributed by atoms with Gasteiger partial charge in [-0.3, -0.25) is 14.6 Å². The van der Waals surface area contributed by atoms with Crippen molar-refractivity contribution in [3.05, 3.63) is 54.9 Å². The SMILES string of the molecule is CCCN(CCC(=O)Nc1ccccc1)CCC(=O)Nc1cccnc1. The zero-order valence-corrected chi connectivity index (χ0v) is 15.1. The molecule has 6 nitrogen and oxygen atoms in total. The zero-order chi connectivity index (χ0) is 18.6. The van der Waals surface area contributed by atoms with Gasteiger partial charge in [0.25, 0.3) is 0 Å². The summed E-state index contributed by atoms with van der Waals surface area (Å²) in [6, 6.07) is 13.0. The third-order valence-corrected chi connectivity index (χ3v) is 3.85. The van der Waals surface area contributed by atoms with Crippen LogP contribution in [0.2, 0.25) is 0 Å². The first-order valence-electron chi connectivity index (χ1n) is 8.94. The van der Waals surface area contributed by atoms with Gasteiger partial charge in [0.15, 0.2) is 0 Å². The lowest BCUT2D eigenvalue weighted by molar-refractivity contribution is -0.116. The predicted molar refractivity (Wildman–Crippen MR) is 104 cm³/mol. The molecule has 0 spiro atoms. The minimum atomic E-state index is -0.0483. The fourth-order valence-electron chi connectivity index (χ4n) is 2.58. The fourth-order valence-corrected chi connectivity index (χ4v) is 2.58. The molecular weight excluding hydrogens is 328 g/mol. The maximum Gasteiger partial charge on any atom is 0.225 e. The average molecular weight is 354 g/mol. The van der Waals surface area contributed by atoms with Crippen LogP contribution in [0.5, 0.6) is 0 Å². The molecule has 0 aliphatic rings. The van der Waals surface area contributed by atoms with Crippen molar-refractivity contribution in [2.24, 2.45) is 0 Å². The molecule has 2 aromatic rings. The highest BCUT2D eigenvalue weighted by molar-refractivity contribution is 5.91. The summed E-state index contributed by atoms with van der Waals surface area (Å²) in [6.45, 7) is 4.21. The standard InChI is InChI=1S/C20H26N4O2/c1-2-13-24(14-10-19(25)22-17-7-4-3-5-8-17)15-11-20(26)23-18-9-6-12-21-16-18/h3-9,12,16H,2,10-11,13-15H2,1H3,(H,22,25)(H,23,26). The fraction of sp³-hybridized carbons (Fsp3) is 0.350. The number of para-hydroxylation sites is 1. The summed E-state index contributed by atoms with van der Waals surface area (Å²) in [5, 5.41) is 5.71. The first-order valence-corrected chi connectivity index (χ1v) is 8.94. The number of anilines is 2. The largest absolute Gasteiger partial charge is 0.326 e. The highest BCUT2D eigenvalue weighted by atomic mass is 16.2. The second kappa shape index (κ2) is 11.0. The molecule has 0 bridgehead atoms. The second-order valence-electron chi connectivity index (χ2n) is 6.05. The van der Waals surface area contributed by atoms with Crippen LogP contribution in [0.4, 0.5) is 11.4 Å². The Hall–Kier alpha value is -2.73. The van der Waals surface area contributed by atoms with Crippen molar-refractivity contribution in [1.82, 2.24) is 9.88 Å². The Kier molecular flexibility index (Phi) is 8.29. The Morgan fingerprint density at radius 3 is 2.08 bits per heavy atom. The molecule has 138 valence electrons. The van der Waals surface area contributed by atoms with Gasteiger partial charge in [-0.2, -0.15) is 0 Å². The van der Waals surface area contributed by atoms with Gasteiger partial charge in [-0.1, -0.05) is 25.1 Å². The van der Waals surface area contributed by atoms with E-state index in [1.54, 1.807) is 18.5 Å². The summed E-state index contributed by atoms with van der Waals surface area (Å²) in [6.07, 6.45) is 5.05. The highest BCUT2D eigenvalue weighted by Crippen LogP contribution is 2.07. The van der Waals surface area contributed by atoms with Crippen LogP contribution in [0.1, 0.15) is 26.2 Å². The third-order valence-electron chi connectivity index (χ3n) is 3.85. The van der Waals surface area contributed by atoms with Crippen molar-refractivity contribution in [2.75, 3.05) is 30.3 Å². The van der Waals surface area contributed by atoms with E-state index >= 15 is 0 Å². The lowest BCUT2D eigenvalue weighted by Crippen LogP contribution is -2.31. The summed E-state index contributed by atoms with van der Waals surface area (Å²) in [7, 11) is 0. The molecule has 0 atom stereocenters. The molecule has 2 N–H and O–H groups in total. The Morgan fingerprint density at radius 1 is 0.885 bits per heavy atom. The molecule has 0 aliphatic carbocycles. The number of carbonyl (C=O) groups excluding carboxylic acids is 2. The number of nitrogens with zero attached hydrogens (tertiary/aromatic N) is 2. The highest BCUT2D eigenvalue weighted by Gasteiger charge is 2.10. The number of hydrogen-bond acceptors (Lipinski definition) is 4. The molecule has 26 heavy (non-hydrogen) atoms. The minimum Gasteiger partial charge on any atom is -0.326 e. The lowest BCUT2D eigenvalue weighted by atomic mass is 10.2. The van der Waals surface area contributed by atoms with Crippen molar-refractivity contribution in [1.29, 1.82) is 0 Å². The maximum atomic E-state index is 12.1. The molecule has 0 aliphatic heterocycles. The number of hydrogen-bond donors (Lipinski definition) is 2. The maximum absolute atomic E-state index is 12.1. The summed E-state index contributed by atoms with van der Waals surface area (Å²) >= 11 is 0. The molecule has 1 aromatic heterocycles. The Balaban J connectivity index is 1.73. The molecule has 0 saturated carbocycles. The first-order chi connectivity index (χ1) is 12.7. The van der Waals surface area contributed by atoms with E-state index < -0.39 is 0 Å². The topological polar surface area (TPSA) is 74.3 Å². The molecule has 2 amide bonds. The summed E-state index contributed by atoms with van der Waals surface area (Å²) in [5.74, 6) is -0.0649. The van der Waals surface area contributed by atoms with Gasteiger partial charge in [0.05, 0.1) is 11.9 Å². The Morgan fingerprint density at radius 2 is 1.50 bits per heavy atom. The van der Waals surface area contributed by atoms with Gasteiger partial charge >= 0.3 is 0 Å². The van der Waals surface area contributed by atoms with E-state index in [2.05, 4.69) is 27.4 Å². The monoisotopic (exact) mass is 354 g/mol. The molecular formula is C20H26N4O2. The van der Waals surface area contributed by atoms with Gasteiger partial charge < -0.3 is 15.5 Å². The molecule has 0 fully saturated rings. The third kappa shape index (κ3) is 7.44. The average Bonchev–Trinajstić information content (AvgIpc) is 2.65. The molecule has 0 unspecified atom stereocenters. The van der Waals surface area contributed by atoms with Crippen molar-refractivity contribution in [2.45, 2.75) is 26.2 Å². The predicted octanol–water partition coefficient (Wildman–Crippen LogP) is 3.15. The van der Waals surface area contributed by atoms with Crippen LogP contribution >= 0.6 is 0 Å². The van der Waals surface area contributed by atoms with E-state index in [4.69, 9.17) is 0 Å². The van der Waals surface area contributed by atoms with E-state index in [0.29, 0.717) is 31.6 Å². The molecule has 6 heteroatoms. The normalized spacial score (nSPS) is 10.5. The Bertz CT molecular complexity index is 619. The van der Waals surface area contributed by atoms with Gasteiger partial charge in [-0.25, -0.2) is 0 Å². The summed E-state index contributed by atoms with van der Waals surface area (Å²) < 4.78 is 0. The number of carbonyl (C=O) groups is 2. The van der Waals surface area contributed by atoms with Gasteiger partial charge in [0.1, 0.15) is 0 Å². The number of benzene rings is 1. The van der Waals surface area contributed by atoms with E-state index in [-0.39, 0.29) is 11.8 Å². The first kappa shape index (κ1) is 19.6. The lowest BCUT2D eigenvalue weighted by Gasteiger charge is -2.21. The van der Waals surface area contributed by atoms with Gasteiger partial charge in [0, 0.05) is 37.8 Å². The van der Waals surface area contributed by atoms with Crippen molar-refractivity contribution in [3.8, 4) is 0 Å². The van der Waals surface area contributed by atoms with E-state index in [9.17, 15) is 9.59 Å². The van der Waals surface area contributed by atoms with Crippen LogP contribution in [-0.2, 0) is 9.59 Å². The summed E-state index contributed by atoms with van der Waals surface area (Å²) in [4.78, 5) is 30.3. The number of nitrogens with one attached hydrogen (secondary N) is 2. The molecule has 0 radical (unpaired) electrons. The van der Waals surface area contributed by atoms with Crippen LogP contribution in [-0.4, -0.2) is 41.3 Å². The number of aromatic nitrogens is 1. The second-order valence-corrected chi connectivity index (χ2v) is 6.05. The minimum absolute atomic E-state index is 0.0166. The van der Waals surface area contributed by atoms with E-state index in [1.165, 1.54) is 0 Å². The summed E-state index contributed by atoms with van der Waals surface area (Å²) in [5.41, 5.74) is 1.50. The molecule has 2 rings (SSSR count). The van der Waals surface area contributed by atoms with Crippen molar-refractivity contribution in [3.63, 3.8) is 0 Å². The van der Waals surface area contributed by atoms with Crippen LogP contribution in [0.15, 0.2) is 54.9 Å². The van der Waals surface area contributed by atoms with E-state index in [0.717, 1.165) is 18.7 Å². The number of rotatable bonds is 10. The number of amides is 2. The molecule has 1 aromatic carbocycles. The quantitative estimate of drug-likeness (QED) is 0.687. The molecule has 0 saturated heterocycles. The van der Waals surface area contributed by atoms with Crippen molar-refractivity contribution < 1.29 is 9.59 Å². The van der Waals surface area contributed by atoms with Crippen LogP contribution < -0.4 is 10.6 Å². The van der Waals surface area contributed by atoms with Crippen LogP contribution in [0, 0.1) is 0 Å². The smallest absolute Gasteiger partial charge is 0.225 e. The van der Waals surface area contributed by atoms with Gasteiger partial charge in [-0.05, 0) is 37.2 Å². The van der Waals surface area contributed by atoms with Crippen LogP contribution in [0.25, 0.3) is 0 Å². The molecule has 1 heterocycles. The van der Waals surface area contributed by atoms with Gasteiger partial charge in [-0.15, -0.1) is 0 Å². The zero-order valence-electron chi connectivity index (χ0n) is 15.1. The van der Waals surface area contributed by atoms with Crippen molar-refractivity contribution >= 4 is 23.2 Å². The Labute approximate surface area is 154 Å². The van der Waals surface area contributed by atoms with Gasteiger partial charge in [0.2, 0.25) is 11.8 Å². The van der Waals surface area contributed by atoms with E-state index in [1.807, 2.05) is 36.4 Å². The number of pyridine rings is 1. The van der Waals surface area contributed by atoms with Crippen LogP contribution in [0.3, 0.4) is 0 Å².